The molecular weight excluding hydrogens is 516 g/mol. The van der Waals surface area contributed by atoms with Gasteiger partial charge < -0.3 is 20.0 Å². The molecule has 0 fully saturated rings. The molecule has 2 unspecified atom stereocenters. The van der Waals surface area contributed by atoms with Crippen molar-refractivity contribution in [1.29, 1.82) is 0 Å². The summed E-state index contributed by atoms with van der Waals surface area (Å²) in [4.78, 5) is 5.35. The van der Waals surface area contributed by atoms with Gasteiger partial charge in [0.2, 0.25) is 0 Å². The van der Waals surface area contributed by atoms with Crippen LogP contribution in [0.3, 0.4) is 0 Å². The Labute approximate surface area is 262 Å². The van der Waals surface area contributed by atoms with Crippen molar-refractivity contribution < 1.29 is 10.2 Å². The van der Waals surface area contributed by atoms with Gasteiger partial charge in [-0.15, -0.1) is 0 Å². The van der Waals surface area contributed by atoms with E-state index in [0.29, 0.717) is 23.6 Å². The zero-order chi connectivity index (χ0) is 31.8. The van der Waals surface area contributed by atoms with E-state index in [2.05, 4.69) is 79.0 Å². The topological polar surface area (TPSA) is 46.9 Å². The van der Waals surface area contributed by atoms with Crippen LogP contribution in [0.2, 0.25) is 0 Å². The van der Waals surface area contributed by atoms with E-state index in [0.717, 1.165) is 36.8 Å². The van der Waals surface area contributed by atoms with Crippen molar-refractivity contribution >= 4 is 0 Å². The predicted octanol–water partition coefficient (Wildman–Crippen LogP) is 10.6. The Hall–Kier alpha value is -1.26. The highest BCUT2D eigenvalue weighted by Gasteiger charge is 2.30. The number of hydrogen-bond donors (Lipinski definition) is 2. The van der Waals surface area contributed by atoms with Gasteiger partial charge in [-0.25, -0.2) is 0 Å². The third-order valence-corrected chi connectivity index (χ3v) is 9.86. The zero-order valence-corrected chi connectivity index (χ0v) is 29.8. The summed E-state index contributed by atoms with van der Waals surface area (Å²) in [7, 11) is 0. The smallest absolute Gasteiger partial charge is 0.119 e. The molecule has 0 bridgehead atoms. The van der Waals surface area contributed by atoms with E-state index >= 15 is 0 Å². The van der Waals surface area contributed by atoms with Gasteiger partial charge in [0.05, 0.1) is 0 Å². The van der Waals surface area contributed by atoms with Crippen LogP contribution >= 0.6 is 0 Å². The normalized spacial score (nSPS) is 14.2. The number of hydrogen-bond acceptors (Lipinski definition) is 4. The summed E-state index contributed by atoms with van der Waals surface area (Å²) in [5, 5.41) is 22.5. The number of phenols is 2. The van der Waals surface area contributed by atoms with Crippen LogP contribution in [-0.4, -0.2) is 58.3 Å². The number of nitrogens with zero attached hydrogens (tertiary/aromatic N) is 2. The second kappa shape index (κ2) is 19.9. The average Bonchev–Trinajstić information content (AvgIpc) is 2.93. The van der Waals surface area contributed by atoms with Crippen molar-refractivity contribution in [2.75, 3.05) is 26.2 Å². The Bertz CT molecular complexity index is 764. The van der Waals surface area contributed by atoms with Gasteiger partial charge in [-0.05, 0) is 114 Å². The zero-order valence-electron chi connectivity index (χ0n) is 29.8. The molecule has 0 amide bonds. The van der Waals surface area contributed by atoms with Gasteiger partial charge in [-0.1, -0.05) is 93.9 Å². The quantitative estimate of drug-likeness (QED) is 0.118. The summed E-state index contributed by atoms with van der Waals surface area (Å²) < 4.78 is 0. The van der Waals surface area contributed by atoms with Crippen LogP contribution in [0.4, 0.5) is 0 Å². The van der Waals surface area contributed by atoms with Crippen LogP contribution in [0.1, 0.15) is 170 Å². The molecule has 0 heterocycles. The van der Waals surface area contributed by atoms with E-state index in [-0.39, 0.29) is 10.8 Å². The molecule has 42 heavy (non-hydrogen) atoms. The number of benzene rings is 1. The lowest BCUT2D eigenvalue weighted by atomic mass is 9.75. The van der Waals surface area contributed by atoms with E-state index in [9.17, 15) is 10.2 Å². The van der Waals surface area contributed by atoms with E-state index in [4.69, 9.17) is 0 Å². The Morgan fingerprint density at radius 3 is 1.10 bits per heavy atom. The fraction of sp³-hybridized carbons (Fsp3) is 0.842. The first-order valence-electron chi connectivity index (χ1n) is 17.9. The van der Waals surface area contributed by atoms with Crippen LogP contribution < -0.4 is 0 Å². The lowest BCUT2D eigenvalue weighted by Gasteiger charge is -2.33. The number of unbranched alkanes of at least 4 members (excludes halogenated alkanes) is 4. The number of rotatable bonds is 24. The maximum atomic E-state index is 11.2. The predicted molar refractivity (Wildman–Crippen MR) is 185 cm³/mol. The molecule has 0 radical (unpaired) electrons. The van der Waals surface area contributed by atoms with Gasteiger partial charge in [0.15, 0.2) is 0 Å². The summed E-state index contributed by atoms with van der Waals surface area (Å²) in [6.07, 6.45) is 16.6. The van der Waals surface area contributed by atoms with Crippen LogP contribution in [0, 0.1) is 0 Å². The molecule has 1 aromatic carbocycles. The molecule has 0 aliphatic rings. The minimum absolute atomic E-state index is 0.197. The van der Waals surface area contributed by atoms with Crippen molar-refractivity contribution in [3.8, 4) is 11.5 Å². The van der Waals surface area contributed by atoms with E-state index in [1.54, 1.807) is 0 Å². The second-order valence-electron chi connectivity index (χ2n) is 14.6. The average molecular weight is 589 g/mol. The number of aromatic hydroxyl groups is 2. The highest BCUT2D eigenvalue weighted by atomic mass is 16.3. The molecule has 0 saturated heterocycles. The van der Waals surface area contributed by atoms with Gasteiger partial charge in [0.1, 0.15) is 11.5 Å². The van der Waals surface area contributed by atoms with Crippen LogP contribution in [-0.2, 0) is 10.8 Å². The first kappa shape index (κ1) is 38.8. The van der Waals surface area contributed by atoms with E-state index in [1.165, 1.54) is 90.4 Å². The Kier molecular flexibility index (Phi) is 18.4. The fourth-order valence-corrected chi connectivity index (χ4v) is 6.52. The Balaban J connectivity index is 2.84. The molecule has 0 aromatic heterocycles. The third-order valence-electron chi connectivity index (χ3n) is 9.86. The molecule has 0 spiro atoms. The monoisotopic (exact) mass is 589 g/mol. The lowest BCUT2D eigenvalue weighted by Crippen LogP contribution is -2.35. The van der Waals surface area contributed by atoms with Crippen LogP contribution in [0.25, 0.3) is 0 Å². The first-order chi connectivity index (χ1) is 19.8. The lowest BCUT2D eigenvalue weighted by molar-refractivity contribution is 0.188. The van der Waals surface area contributed by atoms with Crippen molar-refractivity contribution in [1.82, 2.24) is 9.80 Å². The summed E-state index contributed by atoms with van der Waals surface area (Å²) in [5.74, 6) is 0.667. The van der Waals surface area contributed by atoms with Crippen LogP contribution in [0.15, 0.2) is 12.1 Å². The first-order valence-corrected chi connectivity index (χ1v) is 17.9. The van der Waals surface area contributed by atoms with Crippen molar-refractivity contribution in [2.24, 2.45) is 0 Å². The van der Waals surface area contributed by atoms with Crippen LogP contribution in [0.5, 0.6) is 11.5 Å². The molecule has 0 saturated carbocycles. The standard InChI is InChI=1S/C38H72N2O2/c1-11-15-25-39(26-16-12-2)31(5)21-19-23-37(7,8)33-29-36(42)34(30-35(33)41)38(9,10)24-20-22-32(6)40(27-17-13-3)28-18-14-4/h29-32,41-42H,11-28H2,1-10H3. The highest BCUT2D eigenvalue weighted by molar-refractivity contribution is 5.50. The molecule has 4 nitrogen and oxygen atoms in total. The summed E-state index contributed by atoms with van der Waals surface area (Å²) in [6.45, 7) is 27.5. The SMILES string of the molecule is CCCCN(CCCC)C(C)CCCC(C)(C)c1cc(O)c(C(C)(C)CCCC(C)N(CCCC)CCCC)cc1O. The summed E-state index contributed by atoms with van der Waals surface area (Å²) in [5.41, 5.74) is 1.35. The molecule has 1 aromatic rings. The van der Waals surface area contributed by atoms with E-state index in [1.807, 2.05) is 12.1 Å². The molecule has 4 heteroatoms. The maximum Gasteiger partial charge on any atom is 0.119 e. The van der Waals surface area contributed by atoms with E-state index < -0.39 is 0 Å². The number of phenolic OH excluding ortho intramolecular Hbond substituents is 2. The molecule has 0 aliphatic carbocycles. The molecule has 2 atom stereocenters. The van der Waals surface area contributed by atoms with Gasteiger partial charge in [-0.3, -0.25) is 0 Å². The van der Waals surface area contributed by atoms with Crippen molar-refractivity contribution in [3.05, 3.63) is 23.3 Å². The second-order valence-corrected chi connectivity index (χ2v) is 14.6. The van der Waals surface area contributed by atoms with Gasteiger partial charge >= 0.3 is 0 Å². The molecule has 0 aliphatic heterocycles. The minimum atomic E-state index is -0.197. The molecule has 2 N–H and O–H groups in total. The maximum absolute atomic E-state index is 11.2. The van der Waals surface area contributed by atoms with Gasteiger partial charge in [0.25, 0.3) is 0 Å². The summed E-state index contributed by atoms with van der Waals surface area (Å²) in [6, 6.07) is 4.89. The largest absolute Gasteiger partial charge is 0.508 e. The minimum Gasteiger partial charge on any atom is -0.508 e. The molecule has 1 rings (SSSR count). The van der Waals surface area contributed by atoms with Crippen molar-refractivity contribution in [2.45, 2.75) is 182 Å². The molecule has 246 valence electrons. The third kappa shape index (κ3) is 13.2. The fourth-order valence-electron chi connectivity index (χ4n) is 6.52. The highest BCUT2D eigenvalue weighted by Crippen LogP contribution is 2.43. The van der Waals surface area contributed by atoms with Crippen molar-refractivity contribution in [3.63, 3.8) is 0 Å². The van der Waals surface area contributed by atoms with Gasteiger partial charge in [0, 0.05) is 23.2 Å². The Morgan fingerprint density at radius 1 is 0.548 bits per heavy atom. The van der Waals surface area contributed by atoms with Gasteiger partial charge in [-0.2, -0.15) is 0 Å². The molecular formula is C38H72N2O2. The summed E-state index contributed by atoms with van der Waals surface area (Å²) >= 11 is 0. The Morgan fingerprint density at radius 2 is 0.833 bits per heavy atom.